The van der Waals surface area contributed by atoms with Crippen LogP contribution in [0.15, 0.2) is 24.3 Å². The van der Waals surface area contributed by atoms with Crippen LogP contribution < -0.4 is 16.4 Å². The van der Waals surface area contributed by atoms with E-state index in [1.807, 2.05) is 13.8 Å². The van der Waals surface area contributed by atoms with Gasteiger partial charge < -0.3 is 21.1 Å². The molecule has 22 heavy (non-hydrogen) atoms. The Morgan fingerprint density at radius 3 is 2.23 bits per heavy atom. The number of esters is 1. The van der Waals surface area contributed by atoms with Crippen LogP contribution in [-0.2, 0) is 16.1 Å². The van der Waals surface area contributed by atoms with E-state index in [4.69, 9.17) is 10.5 Å². The van der Waals surface area contributed by atoms with Gasteiger partial charge in [0.05, 0.1) is 5.56 Å². The van der Waals surface area contributed by atoms with Gasteiger partial charge in [-0.15, -0.1) is 0 Å². The van der Waals surface area contributed by atoms with Gasteiger partial charge in [0, 0.05) is 12.6 Å². The Morgan fingerprint density at radius 1 is 1.14 bits per heavy atom. The molecule has 7 heteroatoms. The number of ether oxygens (including phenoxy) is 1. The van der Waals surface area contributed by atoms with Crippen LogP contribution >= 0.6 is 0 Å². The van der Waals surface area contributed by atoms with Crippen molar-refractivity contribution in [3.63, 3.8) is 0 Å². The third kappa shape index (κ3) is 5.82. The fourth-order valence-corrected chi connectivity index (χ4v) is 1.54. The number of benzene rings is 1. The molecule has 0 bridgehead atoms. The van der Waals surface area contributed by atoms with Gasteiger partial charge in [0.1, 0.15) is 0 Å². The van der Waals surface area contributed by atoms with E-state index < -0.39 is 18.0 Å². The van der Waals surface area contributed by atoms with Crippen LogP contribution in [0, 0.1) is 0 Å². The van der Waals surface area contributed by atoms with Crippen LogP contribution in [-0.4, -0.2) is 30.1 Å². The molecule has 0 spiro atoms. The Balaban J connectivity index is 2.54. The summed E-state index contributed by atoms with van der Waals surface area (Å²) >= 11 is 0. The number of hydrogen-bond donors (Lipinski definition) is 3. The standard InChI is InChI=1S/C15H21N3O4/c1-9(2)18-15(21)17-8-11-4-6-12(7-5-11)14(20)22-10(3)13(16)19/h4-7,9-10H,8H2,1-3H3,(H2,16,19)(H2,17,18,21)/t10-/m1/s1. The summed E-state index contributed by atoms with van der Waals surface area (Å²) in [6.07, 6.45) is -0.978. The van der Waals surface area contributed by atoms with E-state index in [0.717, 1.165) is 5.56 Å². The average molecular weight is 307 g/mol. The lowest BCUT2D eigenvalue weighted by molar-refractivity contribution is -0.125. The van der Waals surface area contributed by atoms with Crippen LogP contribution in [0.3, 0.4) is 0 Å². The van der Waals surface area contributed by atoms with E-state index in [2.05, 4.69) is 10.6 Å². The zero-order valence-corrected chi connectivity index (χ0v) is 12.9. The highest BCUT2D eigenvalue weighted by atomic mass is 16.5. The minimum absolute atomic E-state index is 0.0596. The summed E-state index contributed by atoms with van der Waals surface area (Å²) < 4.78 is 4.89. The molecule has 0 fully saturated rings. The van der Waals surface area contributed by atoms with Gasteiger partial charge in [0.15, 0.2) is 6.10 Å². The topological polar surface area (TPSA) is 111 Å². The second-order valence-corrected chi connectivity index (χ2v) is 5.13. The highest BCUT2D eigenvalue weighted by Crippen LogP contribution is 2.07. The third-order valence-corrected chi connectivity index (χ3v) is 2.75. The van der Waals surface area contributed by atoms with E-state index in [0.29, 0.717) is 12.1 Å². The number of rotatable bonds is 6. The van der Waals surface area contributed by atoms with Crippen LogP contribution in [0.2, 0.25) is 0 Å². The summed E-state index contributed by atoms with van der Waals surface area (Å²) in [4.78, 5) is 34.0. The highest BCUT2D eigenvalue weighted by Gasteiger charge is 2.15. The molecule has 1 atom stereocenters. The molecule has 0 aliphatic rings. The number of nitrogens with one attached hydrogen (secondary N) is 2. The first-order chi connectivity index (χ1) is 10.3. The van der Waals surface area contributed by atoms with Crippen molar-refractivity contribution >= 4 is 17.9 Å². The van der Waals surface area contributed by atoms with Crippen LogP contribution in [0.1, 0.15) is 36.7 Å². The Hall–Kier alpha value is -2.57. The molecule has 0 heterocycles. The lowest BCUT2D eigenvalue weighted by atomic mass is 10.1. The van der Waals surface area contributed by atoms with Gasteiger partial charge in [0.25, 0.3) is 5.91 Å². The fourth-order valence-electron chi connectivity index (χ4n) is 1.54. The number of nitrogens with two attached hydrogens (primary N) is 1. The maximum Gasteiger partial charge on any atom is 0.338 e. The Bertz CT molecular complexity index is 540. The van der Waals surface area contributed by atoms with Crippen LogP contribution in [0.25, 0.3) is 0 Å². The number of primary amides is 1. The van der Waals surface area contributed by atoms with Gasteiger partial charge in [-0.05, 0) is 38.5 Å². The molecule has 0 saturated heterocycles. The smallest absolute Gasteiger partial charge is 0.338 e. The van der Waals surface area contributed by atoms with Crippen molar-refractivity contribution in [3.8, 4) is 0 Å². The lowest BCUT2D eigenvalue weighted by Crippen LogP contribution is -2.39. The number of urea groups is 1. The quantitative estimate of drug-likeness (QED) is 0.679. The predicted octanol–water partition coefficient (Wildman–Crippen LogP) is 0.925. The summed E-state index contributed by atoms with van der Waals surface area (Å²) in [5.74, 6) is -1.33. The number of hydrogen-bond acceptors (Lipinski definition) is 4. The predicted molar refractivity (Wildman–Crippen MR) is 81.0 cm³/mol. The second kappa shape index (κ2) is 8.02. The van der Waals surface area contributed by atoms with Crippen LogP contribution in [0.5, 0.6) is 0 Å². The molecule has 0 radical (unpaired) electrons. The monoisotopic (exact) mass is 307 g/mol. The normalized spacial score (nSPS) is 11.6. The zero-order valence-electron chi connectivity index (χ0n) is 12.9. The molecule has 1 rings (SSSR count). The van der Waals surface area contributed by atoms with E-state index in [1.54, 1.807) is 24.3 Å². The Kier molecular flexibility index (Phi) is 6.37. The van der Waals surface area contributed by atoms with Crippen LogP contribution in [0.4, 0.5) is 4.79 Å². The fraction of sp³-hybridized carbons (Fsp3) is 0.400. The van der Waals surface area contributed by atoms with Gasteiger partial charge in [-0.3, -0.25) is 4.79 Å². The van der Waals surface area contributed by atoms with Crippen molar-refractivity contribution < 1.29 is 19.1 Å². The number of carbonyl (C=O) groups excluding carboxylic acids is 3. The number of carbonyl (C=O) groups is 3. The van der Waals surface area contributed by atoms with Crippen molar-refractivity contribution in [1.29, 1.82) is 0 Å². The molecular weight excluding hydrogens is 286 g/mol. The largest absolute Gasteiger partial charge is 0.449 e. The minimum Gasteiger partial charge on any atom is -0.449 e. The van der Waals surface area contributed by atoms with E-state index in [1.165, 1.54) is 6.92 Å². The van der Waals surface area contributed by atoms with Gasteiger partial charge >= 0.3 is 12.0 Å². The van der Waals surface area contributed by atoms with E-state index >= 15 is 0 Å². The van der Waals surface area contributed by atoms with Gasteiger partial charge in [-0.1, -0.05) is 12.1 Å². The molecule has 0 saturated carbocycles. The maximum atomic E-state index is 11.7. The molecule has 1 aromatic carbocycles. The summed E-state index contributed by atoms with van der Waals surface area (Å²) in [7, 11) is 0. The summed E-state index contributed by atoms with van der Waals surface area (Å²) in [5, 5.41) is 5.41. The average Bonchev–Trinajstić information content (AvgIpc) is 2.44. The first-order valence-electron chi connectivity index (χ1n) is 6.93. The molecule has 1 aromatic rings. The maximum absolute atomic E-state index is 11.7. The Morgan fingerprint density at radius 2 is 1.73 bits per heavy atom. The number of amides is 3. The molecule has 0 unspecified atom stereocenters. The molecule has 4 N–H and O–H groups in total. The van der Waals surface area contributed by atoms with Crippen molar-refractivity contribution in [2.45, 2.75) is 39.5 Å². The first-order valence-corrected chi connectivity index (χ1v) is 6.93. The third-order valence-electron chi connectivity index (χ3n) is 2.75. The molecule has 0 aliphatic heterocycles. The highest BCUT2D eigenvalue weighted by molar-refractivity contribution is 5.91. The van der Waals surface area contributed by atoms with E-state index in [-0.39, 0.29) is 12.1 Å². The van der Waals surface area contributed by atoms with Crippen molar-refractivity contribution in [2.75, 3.05) is 0 Å². The van der Waals surface area contributed by atoms with Gasteiger partial charge in [-0.25, -0.2) is 9.59 Å². The molecular formula is C15H21N3O4. The van der Waals surface area contributed by atoms with Crippen molar-refractivity contribution in [3.05, 3.63) is 35.4 Å². The van der Waals surface area contributed by atoms with Crippen molar-refractivity contribution in [2.24, 2.45) is 5.73 Å². The van der Waals surface area contributed by atoms with E-state index in [9.17, 15) is 14.4 Å². The summed E-state index contributed by atoms with van der Waals surface area (Å²) in [6, 6.07) is 6.32. The lowest BCUT2D eigenvalue weighted by Gasteiger charge is -2.11. The van der Waals surface area contributed by atoms with Gasteiger partial charge in [-0.2, -0.15) is 0 Å². The molecule has 120 valence electrons. The van der Waals surface area contributed by atoms with Gasteiger partial charge in [0.2, 0.25) is 0 Å². The Labute approximate surface area is 129 Å². The zero-order chi connectivity index (χ0) is 16.7. The molecule has 3 amide bonds. The second-order valence-electron chi connectivity index (χ2n) is 5.13. The summed E-state index contributed by atoms with van der Waals surface area (Å²) in [5.41, 5.74) is 6.17. The SMILES string of the molecule is CC(C)NC(=O)NCc1ccc(C(=O)O[C@H](C)C(N)=O)cc1. The molecule has 7 nitrogen and oxygen atoms in total. The summed E-state index contributed by atoms with van der Waals surface area (Å²) in [6.45, 7) is 5.48. The minimum atomic E-state index is -0.978. The molecule has 0 aromatic heterocycles. The van der Waals surface area contributed by atoms with Crippen molar-refractivity contribution in [1.82, 2.24) is 10.6 Å². The first kappa shape index (κ1) is 17.5. The molecule has 0 aliphatic carbocycles.